The topological polar surface area (TPSA) is 76.1 Å². The number of carbonyl (C=O) groups excluding carboxylic acids is 2. The van der Waals surface area contributed by atoms with E-state index in [1.807, 2.05) is 17.5 Å². The van der Waals surface area contributed by atoms with E-state index < -0.39 is 23.1 Å². The summed E-state index contributed by atoms with van der Waals surface area (Å²) >= 11 is 1.52. The van der Waals surface area contributed by atoms with Crippen molar-refractivity contribution in [1.82, 2.24) is 4.90 Å². The Bertz CT molecular complexity index is 956. The molecule has 1 amide bonds. The molecule has 0 bridgehead atoms. The molecule has 0 radical (unpaired) electrons. The highest BCUT2D eigenvalue weighted by molar-refractivity contribution is 7.09. The van der Waals surface area contributed by atoms with Gasteiger partial charge in [-0.15, -0.1) is 11.3 Å². The minimum atomic E-state index is -0.753. The van der Waals surface area contributed by atoms with Crippen LogP contribution in [0, 0.1) is 5.41 Å². The van der Waals surface area contributed by atoms with Crippen LogP contribution in [0.15, 0.2) is 47.0 Å². The van der Waals surface area contributed by atoms with Gasteiger partial charge >= 0.3 is 0 Å². The van der Waals surface area contributed by atoms with Gasteiger partial charge in [0.15, 0.2) is 23.0 Å². The zero-order valence-corrected chi connectivity index (χ0v) is 18.0. The van der Waals surface area contributed by atoms with E-state index in [0.29, 0.717) is 23.6 Å². The molecule has 0 spiro atoms. The lowest BCUT2D eigenvalue weighted by Crippen LogP contribution is -2.32. The molecule has 6 nitrogen and oxygen atoms in total. The van der Waals surface area contributed by atoms with Gasteiger partial charge in [-0.1, -0.05) is 32.9 Å². The first kappa shape index (κ1) is 20.9. The van der Waals surface area contributed by atoms with Gasteiger partial charge in [-0.2, -0.15) is 0 Å². The van der Waals surface area contributed by atoms with Crippen molar-refractivity contribution in [2.45, 2.75) is 33.4 Å². The van der Waals surface area contributed by atoms with Crippen LogP contribution in [0.5, 0.6) is 11.5 Å². The second-order valence-corrected chi connectivity index (χ2v) is 8.90. The number of aliphatic hydroxyl groups excluding tert-OH is 1. The van der Waals surface area contributed by atoms with Crippen LogP contribution in [0.1, 0.15) is 37.3 Å². The molecule has 7 heteroatoms. The number of carbonyl (C=O) groups is 2. The first-order valence-electron chi connectivity index (χ1n) is 9.22. The Morgan fingerprint density at radius 1 is 1.17 bits per heavy atom. The molecule has 1 aliphatic heterocycles. The van der Waals surface area contributed by atoms with Crippen molar-refractivity contribution in [1.29, 1.82) is 0 Å². The van der Waals surface area contributed by atoms with Crippen molar-refractivity contribution in [3.8, 4) is 11.5 Å². The van der Waals surface area contributed by atoms with Crippen LogP contribution in [-0.2, 0) is 16.1 Å². The number of rotatable bonds is 6. The molecule has 1 atom stereocenters. The molecule has 154 valence electrons. The lowest BCUT2D eigenvalue weighted by Gasteiger charge is -2.29. The normalized spacial score (nSPS) is 17.1. The van der Waals surface area contributed by atoms with Crippen molar-refractivity contribution in [2.24, 2.45) is 5.41 Å². The molecule has 3 rings (SSSR count). The van der Waals surface area contributed by atoms with Gasteiger partial charge in [0.25, 0.3) is 5.91 Å². The monoisotopic (exact) mass is 415 g/mol. The van der Waals surface area contributed by atoms with Crippen LogP contribution in [0.25, 0.3) is 0 Å². The molecule has 1 aromatic heterocycles. The van der Waals surface area contributed by atoms with E-state index >= 15 is 0 Å². The van der Waals surface area contributed by atoms with E-state index in [9.17, 15) is 14.7 Å². The van der Waals surface area contributed by atoms with E-state index in [0.717, 1.165) is 4.88 Å². The predicted molar refractivity (Wildman–Crippen MR) is 111 cm³/mol. The van der Waals surface area contributed by atoms with E-state index in [1.54, 1.807) is 46.1 Å². The molecular weight excluding hydrogens is 390 g/mol. The van der Waals surface area contributed by atoms with E-state index in [2.05, 4.69) is 0 Å². The maximum Gasteiger partial charge on any atom is 0.290 e. The fourth-order valence-corrected chi connectivity index (χ4v) is 4.10. The van der Waals surface area contributed by atoms with E-state index in [-0.39, 0.29) is 11.4 Å². The third-order valence-corrected chi connectivity index (χ3v) is 5.72. The summed E-state index contributed by atoms with van der Waals surface area (Å²) in [5.41, 5.74) is 0.0348. The molecule has 2 aromatic rings. The van der Waals surface area contributed by atoms with Crippen molar-refractivity contribution >= 4 is 23.0 Å². The van der Waals surface area contributed by atoms with Gasteiger partial charge < -0.3 is 19.5 Å². The molecule has 2 heterocycles. The minimum absolute atomic E-state index is 0.117. The molecule has 29 heavy (non-hydrogen) atoms. The third kappa shape index (κ3) is 3.87. The zero-order chi connectivity index (χ0) is 21.3. The van der Waals surface area contributed by atoms with Crippen molar-refractivity contribution in [3.63, 3.8) is 0 Å². The Hall–Kier alpha value is -2.80. The number of ketones is 1. The van der Waals surface area contributed by atoms with Crippen LogP contribution in [0.3, 0.4) is 0 Å². The van der Waals surface area contributed by atoms with Gasteiger partial charge in [-0.05, 0) is 29.1 Å². The van der Waals surface area contributed by atoms with Crippen molar-refractivity contribution < 1.29 is 24.2 Å². The fourth-order valence-electron chi connectivity index (χ4n) is 3.39. The molecule has 0 fully saturated rings. The largest absolute Gasteiger partial charge is 0.503 e. The highest BCUT2D eigenvalue weighted by Crippen LogP contribution is 2.43. The molecule has 1 N–H and O–H groups in total. The first-order chi connectivity index (χ1) is 13.7. The summed E-state index contributed by atoms with van der Waals surface area (Å²) < 4.78 is 10.7. The molecule has 0 saturated carbocycles. The summed E-state index contributed by atoms with van der Waals surface area (Å²) in [5.74, 6) is -0.270. The average molecular weight is 416 g/mol. The third-order valence-electron chi connectivity index (χ3n) is 4.86. The highest BCUT2D eigenvalue weighted by atomic mass is 32.1. The van der Waals surface area contributed by atoms with Gasteiger partial charge in [0, 0.05) is 10.3 Å². The fraction of sp³-hybridized carbons (Fsp3) is 0.364. The molecule has 0 saturated heterocycles. The zero-order valence-electron chi connectivity index (χ0n) is 17.2. The number of methoxy groups -OCH3 is 2. The van der Waals surface area contributed by atoms with Gasteiger partial charge in [0.1, 0.15) is 0 Å². The maximum absolute atomic E-state index is 13.2. The number of aliphatic hydroxyl groups is 1. The van der Waals surface area contributed by atoms with Crippen molar-refractivity contribution in [2.75, 3.05) is 14.2 Å². The maximum atomic E-state index is 13.2. The number of hydrogen-bond acceptors (Lipinski definition) is 6. The summed E-state index contributed by atoms with van der Waals surface area (Å²) in [4.78, 5) is 28.6. The number of Topliss-reactive ketones (excluding diaryl/α,β-unsaturated/α-hetero) is 1. The highest BCUT2D eigenvalue weighted by Gasteiger charge is 2.46. The molecular formula is C22H25NO5S. The van der Waals surface area contributed by atoms with Gasteiger partial charge in [0.2, 0.25) is 0 Å². The summed E-state index contributed by atoms with van der Waals surface area (Å²) in [5, 5.41) is 12.6. The van der Waals surface area contributed by atoms with Crippen LogP contribution in [-0.4, -0.2) is 35.9 Å². The molecule has 1 aliphatic rings. The molecule has 1 unspecified atom stereocenters. The molecule has 0 aliphatic carbocycles. The van der Waals surface area contributed by atoms with Crippen LogP contribution in [0.2, 0.25) is 0 Å². The van der Waals surface area contributed by atoms with Crippen LogP contribution < -0.4 is 9.47 Å². The number of thiophene rings is 1. The van der Waals surface area contributed by atoms with Gasteiger partial charge in [-0.25, -0.2) is 0 Å². The quantitative estimate of drug-likeness (QED) is 0.762. The second-order valence-electron chi connectivity index (χ2n) is 7.87. The molecule has 1 aromatic carbocycles. The average Bonchev–Trinajstić information content (AvgIpc) is 3.28. The predicted octanol–water partition coefficient (Wildman–Crippen LogP) is 4.28. The lowest BCUT2D eigenvalue weighted by molar-refractivity contribution is -0.130. The number of nitrogens with zero attached hydrogens (tertiary/aromatic N) is 1. The Kier molecular flexibility index (Phi) is 5.71. The summed E-state index contributed by atoms with van der Waals surface area (Å²) in [6, 6.07) is 8.37. The Balaban J connectivity index is 2.14. The van der Waals surface area contributed by atoms with E-state index in [4.69, 9.17) is 9.47 Å². The Morgan fingerprint density at radius 3 is 2.41 bits per heavy atom. The Morgan fingerprint density at radius 2 is 1.86 bits per heavy atom. The van der Waals surface area contributed by atoms with Crippen LogP contribution in [0.4, 0.5) is 0 Å². The van der Waals surface area contributed by atoms with Crippen molar-refractivity contribution in [3.05, 3.63) is 57.5 Å². The SMILES string of the molecule is COc1ccc(C2C(C(=O)C(C)(C)C)=C(O)C(=O)N2Cc2cccs2)cc1OC. The standard InChI is InChI=1S/C22H25NO5S/c1-22(2,3)20(25)17-18(13-8-9-15(27-4)16(11-13)28-5)23(21(26)19(17)24)12-14-7-6-10-29-14/h6-11,18,24H,12H2,1-5H3. The van der Waals surface area contributed by atoms with Gasteiger partial charge in [-0.3, -0.25) is 9.59 Å². The number of amides is 1. The first-order valence-corrected chi connectivity index (χ1v) is 10.1. The van der Waals surface area contributed by atoms with Gasteiger partial charge in [0.05, 0.1) is 32.4 Å². The summed E-state index contributed by atoms with van der Waals surface area (Å²) in [6.07, 6.45) is 0. The minimum Gasteiger partial charge on any atom is -0.503 e. The van der Waals surface area contributed by atoms with E-state index in [1.165, 1.54) is 23.3 Å². The number of benzene rings is 1. The second kappa shape index (κ2) is 7.91. The Labute approximate surface area is 174 Å². The van der Waals surface area contributed by atoms with Crippen LogP contribution >= 0.6 is 11.3 Å². The lowest BCUT2D eigenvalue weighted by atomic mass is 9.82. The summed E-state index contributed by atoms with van der Waals surface area (Å²) in [6.45, 7) is 5.61. The summed E-state index contributed by atoms with van der Waals surface area (Å²) in [7, 11) is 3.07. The number of ether oxygens (including phenoxy) is 2. The number of hydrogen-bond donors (Lipinski definition) is 1. The smallest absolute Gasteiger partial charge is 0.290 e.